The molecule has 0 saturated carbocycles. The minimum Gasteiger partial charge on any atom is -0.482 e. The third-order valence-corrected chi connectivity index (χ3v) is 4.09. The van der Waals surface area contributed by atoms with Crippen LogP contribution in [0.25, 0.3) is 0 Å². The zero-order valence-corrected chi connectivity index (χ0v) is 12.7. The molecule has 1 aliphatic heterocycles. The van der Waals surface area contributed by atoms with Crippen molar-refractivity contribution in [3.8, 4) is 5.75 Å². The minimum absolute atomic E-state index is 0.00325. The standard InChI is InChI=1S/C12H15ClN2O5S/c13-9-1-2-10(11(7-9)21(14,17)18)20-8-12(16)15-3-5-19-6-4-15/h1-2,7H,3-6,8H2,(H2,14,17,18). The summed E-state index contributed by atoms with van der Waals surface area (Å²) in [5.74, 6) is -0.239. The van der Waals surface area contributed by atoms with Gasteiger partial charge in [0, 0.05) is 18.1 Å². The summed E-state index contributed by atoms with van der Waals surface area (Å²) in [6.45, 7) is 1.67. The molecule has 0 radical (unpaired) electrons. The average molecular weight is 335 g/mol. The Labute approximate surface area is 127 Å². The summed E-state index contributed by atoms with van der Waals surface area (Å²) in [6, 6.07) is 4.02. The van der Waals surface area contributed by atoms with Gasteiger partial charge < -0.3 is 14.4 Å². The van der Waals surface area contributed by atoms with E-state index < -0.39 is 10.0 Å². The molecule has 2 rings (SSSR count). The Hall–Kier alpha value is -1.35. The van der Waals surface area contributed by atoms with E-state index in [0.717, 1.165) is 0 Å². The fraction of sp³-hybridized carbons (Fsp3) is 0.417. The number of amides is 1. The maximum Gasteiger partial charge on any atom is 0.260 e. The second kappa shape index (κ2) is 6.61. The lowest BCUT2D eigenvalue weighted by Crippen LogP contribution is -2.43. The zero-order valence-electron chi connectivity index (χ0n) is 11.1. The molecule has 1 aromatic carbocycles. The molecule has 1 saturated heterocycles. The smallest absolute Gasteiger partial charge is 0.260 e. The highest BCUT2D eigenvalue weighted by Crippen LogP contribution is 2.26. The summed E-state index contributed by atoms with van der Waals surface area (Å²) in [7, 11) is -3.98. The summed E-state index contributed by atoms with van der Waals surface area (Å²) >= 11 is 5.74. The highest BCUT2D eigenvalue weighted by Gasteiger charge is 2.20. The average Bonchev–Trinajstić information content (AvgIpc) is 2.45. The molecule has 0 aromatic heterocycles. The first-order valence-electron chi connectivity index (χ1n) is 6.18. The Morgan fingerprint density at radius 1 is 1.38 bits per heavy atom. The fourth-order valence-electron chi connectivity index (χ4n) is 1.87. The summed E-state index contributed by atoms with van der Waals surface area (Å²) in [5.41, 5.74) is 0. The number of sulfonamides is 1. The van der Waals surface area contributed by atoms with E-state index in [1.165, 1.54) is 18.2 Å². The topological polar surface area (TPSA) is 98.9 Å². The summed E-state index contributed by atoms with van der Waals surface area (Å²) < 4.78 is 33.4. The number of hydrogen-bond acceptors (Lipinski definition) is 5. The van der Waals surface area contributed by atoms with E-state index >= 15 is 0 Å². The summed E-state index contributed by atoms with van der Waals surface area (Å²) in [5, 5.41) is 5.31. The van der Waals surface area contributed by atoms with E-state index in [9.17, 15) is 13.2 Å². The maximum atomic E-state index is 11.9. The number of halogens is 1. The number of morpholine rings is 1. The van der Waals surface area contributed by atoms with Gasteiger partial charge in [-0.25, -0.2) is 13.6 Å². The van der Waals surface area contributed by atoms with Crippen LogP contribution in [0.5, 0.6) is 5.75 Å². The zero-order chi connectivity index (χ0) is 15.5. The predicted octanol–water partition coefficient (Wildman–Crippen LogP) is 0.225. The molecule has 116 valence electrons. The van der Waals surface area contributed by atoms with Crippen molar-refractivity contribution >= 4 is 27.5 Å². The van der Waals surface area contributed by atoms with Crippen LogP contribution in [0.1, 0.15) is 0 Å². The SMILES string of the molecule is NS(=O)(=O)c1cc(Cl)ccc1OCC(=O)N1CCOCC1. The summed E-state index contributed by atoms with van der Waals surface area (Å²) in [4.78, 5) is 13.3. The molecule has 2 N–H and O–H groups in total. The monoisotopic (exact) mass is 334 g/mol. The van der Waals surface area contributed by atoms with Crippen LogP contribution in [0.3, 0.4) is 0 Å². The lowest BCUT2D eigenvalue weighted by molar-refractivity contribution is -0.137. The van der Waals surface area contributed by atoms with Crippen LogP contribution in [0.15, 0.2) is 23.1 Å². The van der Waals surface area contributed by atoms with Crippen LogP contribution in [0, 0.1) is 0 Å². The molecule has 0 aliphatic carbocycles. The second-order valence-electron chi connectivity index (χ2n) is 4.42. The molecule has 21 heavy (non-hydrogen) atoms. The highest BCUT2D eigenvalue weighted by atomic mass is 35.5. The number of benzene rings is 1. The lowest BCUT2D eigenvalue weighted by Gasteiger charge is -2.26. The van der Waals surface area contributed by atoms with Crippen molar-refractivity contribution in [3.05, 3.63) is 23.2 Å². The molecule has 0 atom stereocenters. The van der Waals surface area contributed by atoms with Gasteiger partial charge >= 0.3 is 0 Å². The molecule has 1 aliphatic rings. The van der Waals surface area contributed by atoms with Crippen molar-refractivity contribution in [1.82, 2.24) is 4.90 Å². The van der Waals surface area contributed by atoms with Gasteiger partial charge in [0.25, 0.3) is 5.91 Å². The Morgan fingerprint density at radius 3 is 2.67 bits per heavy atom. The van der Waals surface area contributed by atoms with Gasteiger partial charge in [0.2, 0.25) is 10.0 Å². The molecular formula is C12H15ClN2O5S. The van der Waals surface area contributed by atoms with Crippen LogP contribution >= 0.6 is 11.6 Å². The van der Waals surface area contributed by atoms with Crippen LogP contribution in [0.2, 0.25) is 5.02 Å². The fourth-order valence-corrected chi connectivity index (χ4v) is 2.80. The van der Waals surface area contributed by atoms with Gasteiger partial charge in [-0.05, 0) is 18.2 Å². The van der Waals surface area contributed by atoms with Crippen molar-refractivity contribution in [2.45, 2.75) is 4.90 Å². The van der Waals surface area contributed by atoms with E-state index in [0.29, 0.717) is 26.3 Å². The Bertz CT molecular complexity index is 629. The number of hydrogen-bond donors (Lipinski definition) is 1. The Morgan fingerprint density at radius 2 is 2.05 bits per heavy atom. The largest absolute Gasteiger partial charge is 0.482 e. The van der Waals surface area contributed by atoms with Crippen molar-refractivity contribution in [1.29, 1.82) is 0 Å². The van der Waals surface area contributed by atoms with Crippen molar-refractivity contribution in [3.63, 3.8) is 0 Å². The van der Waals surface area contributed by atoms with Crippen LogP contribution in [-0.2, 0) is 19.6 Å². The van der Waals surface area contributed by atoms with Crippen molar-refractivity contribution < 1.29 is 22.7 Å². The highest BCUT2D eigenvalue weighted by molar-refractivity contribution is 7.89. The van der Waals surface area contributed by atoms with Crippen LogP contribution in [-0.4, -0.2) is 52.1 Å². The minimum atomic E-state index is -3.98. The molecule has 1 aromatic rings. The first-order chi connectivity index (χ1) is 9.88. The lowest BCUT2D eigenvalue weighted by atomic mass is 10.3. The number of carbonyl (C=O) groups excluding carboxylic acids is 1. The van der Waals surface area contributed by atoms with Gasteiger partial charge in [-0.1, -0.05) is 11.6 Å². The molecule has 9 heteroatoms. The quantitative estimate of drug-likeness (QED) is 0.849. The van der Waals surface area contributed by atoms with Gasteiger partial charge in [0.1, 0.15) is 10.6 Å². The van der Waals surface area contributed by atoms with Gasteiger partial charge in [-0.2, -0.15) is 0 Å². The number of nitrogens with zero attached hydrogens (tertiary/aromatic N) is 1. The number of rotatable bonds is 4. The maximum absolute atomic E-state index is 11.9. The van der Waals surface area contributed by atoms with Crippen molar-refractivity contribution in [2.75, 3.05) is 32.9 Å². The molecule has 0 unspecified atom stereocenters. The van der Waals surface area contributed by atoms with E-state index in [-0.39, 0.29) is 28.2 Å². The van der Waals surface area contributed by atoms with Gasteiger partial charge in [0.15, 0.2) is 6.61 Å². The van der Waals surface area contributed by atoms with E-state index in [2.05, 4.69) is 0 Å². The molecule has 1 heterocycles. The third-order valence-electron chi connectivity index (χ3n) is 2.93. The van der Waals surface area contributed by atoms with Gasteiger partial charge in [0.05, 0.1) is 13.2 Å². The van der Waals surface area contributed by atoms with E-state index in [1.54, 1.807) is 4.90 Å². The third kappa shape index (κ3) is 4.31. The van der Waals surface area contributed by atoms with Crippen molar-refractivity contribution in [2.24, 2.45) is 5.14 Å². The molecule has 1 amide bonds. The molecule has 0 bridgehead atoms. The molecule has 7 nitrogen and oxygen atoms in total. The Kier molecular flexibility index (Phi) is 5.04. The normalized spacial score (nSPS) is 15.8. The van der Waals surface area contributed by atoms with E-state index in [4.69, 9.17) is 26.2 Å². The van der Waals surface area contributed by atoms with E-state index in [1.807, 2.05) is 0 Å². The number of nitrogens with two attached hydrogens (primary N) is 1. The predicted molar refractivity (Wildman–Crippen MR) is 75.7 cm³/mol. The first kappa shape index (κ1) is 16.0. The number of ether oxygens (including phenoxy) is 2. The molecule has 0 spiro atoms. The van der Waals surface area contributed by atoms with Crippen LogP contribution < -0.4 is 9.88 Å². The summed E-state index contributed by atoms with van der Waals surface area (Å²) in [6.07, 6.45) is 0. The number of primary sulfonamides is 1. The Balaban J connectivity index is 2.08. The second-order valence-corrected chi connectivity index (χ2v) is 6.38. The first-order valence-corrected chi connectivity index (χ1v) is 8.11. The van der Waals surface area contributed by atoms with Gasteiger partial charge in [-0.3, -0.25) is 4.79 Å². The van der Waals surface area contributed by atoms with Crippen LogP contribution in [0.4, 0.5) is 0 Å². The number of carbonyl (C=O) groups is 1. The molecule has 1 fully saturated rings. The molecular weight excluding hydrogens is 320 g/mol. The van der Waals surface area contributed by atoms with Gasteiger partial charge in [-0.15, -0.1) is 0 Å².